The second-order valence-corrected chi connectivity index (χ2v) is 5.54. The molecule has 0 spiro atoms. The van der Waals surface area contributed by atoms with Crippen molar-refractivity contribution in [3.8, 4) is 0 Å². The van der Waals surface area contributed by atoms with E-state index in [-0.39, 0.29) is 0 Å². The largest absolute Gasteiger partial charge is 0.0654 e. The topological polar surface area (TPSA) is 0 Å². The van der Waals surface area contributed by atoms with Crippen molar-refractivity contribution in [2.24, 2.45) is 17.8 Å². The molecule has 2 saturated carbocycles. The van der Waals surface area contributed by atoms with Gasteiger partial charge in [-0.05, 0) is 17.8 Å². The van der Waals surface area contributed by atoms with Crippen molar-refractivity contribution in [3.05, 3.63) is 0 Å². The van der Waals surface area contributed by atoms with Crippen molar-refractivity contribution in [2.75, 3.05) is 0 Å². The molecule has 0 aromatic carbocycles. The molecule has 2 rings (SSSR count). The van der Waals surface area contributed by atoms with Crippen LogP contribution in [0.25, 0.3) is 0 Å². The van der Waals surface area contributed by atoms with Crippen LogP contribution >= 0.6 is 0 Å². The highest BCUT2D eigenvalue weighted by Crippen LogP contribution is 2.43. The van der Waals surface area contributed by atoms with E-state index in [1.165, 1.54) is 38.5 Å². The van der Waals surface area contributed by atoms with E-state index < -0.39 is 0 Å². The first-order valence-electron chi connectivity index (χ1n) is 6.92. The van der Waals surface area contributed by atoms with Crippen molar-refractivity contribution >= 4 is 0 Å². The fourth-order valence-corrected chi connectivity index (χ4v) is 3.96. The lowest BCUT2D eigenvalue weighted by Gasteiger charge is -2.28. The maximum Gasteiger partial charge on any atom is -0.0358 e. The highest BCUT2D eigenvalue weighted by atomic mass is 14.4. The molecule has 2 aliphatic rings. The zero-order valence-corrected chi connectivity index (χ0v) is 9.80. The summed E-state index contributed by atoms with van der Waals surface area (Å²) >= 11 is 0. The average Bonchev–Trinajstić information content (AvgIpc) is 2.87. The van der Waals surface area contributed by atoms with E-state index in [4.69, 9.17) is 0 Å². The average molecular weight is 194 g/mol. The molecule has 14 heavy (non-hydrogen) atoms. The lowest BCUT2D eigenvalue weighted by molar-refractivity contribution is 0.214. The highest BCUT2D eigenvalue weighted by Gasteiger charge is 2.32. The van der Waals surface area contributed by atoms with Crippen LogP contribution in [0, 0.1) is 17.8 Å². The molecule has 0 amide bonds. The van der Waals surface area contributed by atoms with Crippen molar-refractivity contribution in [1.29, 1.82) is 0 Å². The lowest BCUT2D eigenvalue weighted by Crippen LogP contribution is -2.19. The van der Waals surface area contributed by atoms with Crippen molar-refractivity contribution in [1.82, 2.24) is 0 Å². The molecule has 0 aliphatic heterocycles. The van der Waals surface area contributed by atoms with Crippen LogP contribution in [-0.2, 0) is 0 Å². The summed E-state index contributed by atoms with van der Waals surface area (Å²) in [7, 11) is 0. The molecule has 0 bridgehead atoms. The standard InChI is InChI=1S/C14H26/c1-2-7-14(12-8-3-4-9-12)13-10-5-6-11-13/h12-14H,2-11H2,1H3. The summed E-state index contributed by atoms with van der Waals surface area (Å²) in [5.41, 5.74) is 0. The third kappa shape index (κ3) is 2.32. The van der Waals surface area contributed by atoms with Crippen LogP contribution in [0.3, 0.4) is 0 Å². The van der Waals surface area contributed by atoms with Gasteiger partial charge in [0.1, 0.15) is 0 Å². The van der Waals surface area contributed by atoms with Gasteiger partial charge in [-0.2, -0.15) is 0 Å². The molecule has 0 atom stereocenters. The van der Waals surface area contributed by atoms with Gasteiger partial charge in [0, 0.05) is 0 Å². The Hall–Kier alpha value is 0. The summed E-state index contributed by atoms with van der Waals surface area (Å²) in [5, 5.41) is 0. The van der Waals surface area contributed by atoms with E-state index in [9.17, 15) is 0 Å². The fourth-order valence-electron chi connectivity index (χ4n) is 3.96. The van der Waals surface area contributed by atoms with E-state index in [2.05, 4.69) is 6.92 Å². The fraction of sp³-hybridized carbons (Fsp3) is 1.00. The maximum atomic E-state index is 2.37. The Bertz CT molecular complexity index is 133. The van der Waals surface area contributed by atoms with Gasteiger partial charge >= 0.3 is 0 Å². The molecule has 2 aliphatic carbocycles. The number of hydrogen-bond acceptors (Lipinski definition) is 0. The zero-order valence-electron chi connectivity index (χ0n) is 9.80. The van der Waals surface area contributed by atoms with Crippen molar-refractivity contribution < 1.29 is 0 Å². The van der Waals surface area contributed by atoms with Gasteiger partial charge < -0.3 is 0 Å². The van der Waals surface area contributed by atoms with Crippen LogP contribution in [0.2, 0.25) is 0 Å². The van der Waals surface area contributed by atoms with Crippen LogP contribution in [0.15, 0.2) is 0 Å². The van der Waals surface area contributed by atoms with Gasteiger partial charge in [0.25, 0.3) is 0 Å². The summed E-state index contributed by atoms with van der Waals surface area (Å²) in [6.45, 7) is 2.37. The Kier molecular flexibility index (Phi) is 3.89. The summed E-state index contributed by atoms with van der Waals surface area (Å²) in [6.07, 6.45) is 15.3. The second-order valence-electron chi connectivity index (χ2n) is 5.54. The first-order chi connectivity index (χ1) is 6.92. The van der Waals surface area contributed by atoms with Crippen LogP contribution < -0.4 is 0 Å². The summed E-state index contributed by atoms with van der Waals surface area (Å²) in [6, 6.07) is 0. The Morgan fingerprint density at radius 1 is 0.857 bits per heavy atom. The van der Waals surface area contributed by atoms with Crippen LogP contribution in [0.1, 0.15) is 71.1 Å². The molecule has 0 N–H and O–H groups in total. The SMILES string of the molecule is CCCC(C1CCCC1)C1CCCC1. The monoisotopic (exact) mass is 194 g/mol. The molecule has 0 nitrogen and oxygen atoms in total. The van der Waals surface area contributed by atoms with Crippen molar-refractivity contribution in [3.63, 3.8) is 0 Å². The number of hydrogen-bond donors (Lipinski definition) is 0. The Balaban J connectivity index is 1.91. The Morgan fingerprint density at radius 3 is 1.64 bits per heavy atom. The quantitative estimate of drug-likeness (QED) is 0.604. The highest BCUT2D eigenvalue weighted by molar-refractivity contribution is 4.83. The van der Waals surface area contributed by atoms with Gasteiger partial charge in [0.05, 0.1) is 0 Å². The Labute approximate surface area is 89.5 Å². The molecule has 0 saturated heterocycles. The first kappa shape index (κ1) is 10.5. The minimum atomic E-state index is 1.12. The second kappa shape index (κ2) is 5.19. The molecule has 0 aromatic rings. The third-order valence-electron chi connectivity index (χ3n) is 4.63. The molecule has 0 unspecified atom stereocenters. The summed E-state index contributed by atoms with van der Waals surface area (Å²) in [4.78, 5) is 0. The molecule has 0 heteroatoms. The van der Waals surface area contributed by atoms with Crippen LogP contribution in [0.5, 0.6) is 0 Å². The molecule has 0 aromatic heterocycles. The predicted molar refractivity (Wildman–Crippen MR) is 62.3 cm³/mol. The minimum Gasteiger partial charge on any atom is -0.0654 e. The van der Waals surface area contributed by atoms with E-state index in [1.807, 2.05) is 0 Å². The predicted octanol–water partition coefficient (Wildman–Crippen LogP) is 4.78. The van der Waals surface area contributed by atoms with E-state index >= 15 is 0 Å². The Morgan fingerprint density at radius 2 is 1.29 bits per heavy atom. The summed E-state index contributed by atoms with van der Waals surface area (Å²) in [5.74, 6) is 3.36. The third-order valence-corrected chi connectivity index (χ3v) is 4.63. The summed E-state index contributed by atoms with van der Waals surface area (Å²) < 4.78 is 0. The van der Waals surface area contributed by atoms with E-state index in [0.29, 0.717) is 0 Å². The minimum absolute atomic E-state index is 1.12. The van der Waals surface area contributed by atoms with E-state index in [1.54, 1.807) is 25.7 Å². The van der Waals surface area contributed by atoms with Gasteiger partial charge in [0.15, 0.2) is 0 Å². The van der Waals surface area contributed by atoms with Crippen LogP contribution in [0.4, 0.5) is 0 Å². The molecular weight excluding hydrogens is 168 g/mol. The van der Waals surface area contributed by atoms with Gasteiger partial charge in [-0.1, -0.05) is 71.1 Å². The van der Waals surface area contributed by atoms with Gasteiger partial charge in [-0.3, -0.25) is 0 Å². The molecule has 0 radical (unpaired) electrons. The molecule has 2 fully saturated rings. The maximum absolute atomic E-state index is 2.37. The van der Waals surface area contributed by atoms with Gasteiger partial charge in [0.2, 0.25) is 0 Å². The zero-order chi connectivity index (χ0) is 9.80. The molecule has 0 heterocycles. The normalized spacial score (nSPS) is 25.3. The number of rotatable bonds is 4. The molecular formula is C14H26. The smallest absolute Gasteiger partial charge is 0.0358 e. The van der Waals surface area contributed by atoms with Gasteiger partial charge in [-0.25, -0.2) is 0 Å². The van der Waals surface area contributed by atoms with Gasteiger partial charge in [-0.15, -0.1) is 0 Å². The van der Waals surface area contributed by atoms with Crippen molar-refractivity contribution in [2.45, 2.75) is 71.1 Å². The molecule has 82 valence electrons. The lowest BCUT2D eigenvalue weighted by atomic mass is 9.77. The van der Waals surface area contributed by atoms with E-state index in [0.717, 1.165) is 17.8 Å². The first-order valence-corrected chi connectivity index (χ1v) is 6.92. The van der Waals surface area contributed by atoms with Crippen LogP contribution in [-0.4, -0.2) is 0 Å².